The van der Waals surface area contributed by atoms with E-state index < -0.39 is 0 Å². The minimum absolute atomic E-state index is 0.0676. The van der Waals surface area contributed by atoms with Crippen molar-refractivity contribution in [3.05, 3.63) is 33.8 Å². The lowest BCUT2D eigenvalue weighted by Gasteiger charge is -2.03. The van der Waals surface area contributed by atoms with Crippen LogP contribution >= 0.6 is 11.3 Å². The first-order chi connectivity index (χ1) is 8.58. The number of aromatic nitrogens is 2. The molecule has 18 heavy (non-hydrogen) atoms. The van der Waals surface area contributed by atoms with Crippen LogP contribution < -0.4 is 11.1 Å². The number of thiophene rings is 1. The number of nitrogen functional groups attached to an aromatic ring is 1. The second kappa shape index (κ2) is 5.22. The summed E-state index contributed by atoms with van der Waals surface area (Å²) in [5.41, 5.74) is 7.50. The van der Waals surface area contributed by atoms with Crippen molar-refractivity contribution in [1.29, 1.82) is 0 Å². The van der Waals surface area contributed by atoms with Gasteiger partial charge < -0.3 is 11.1 Å². The van der Waals surface area contributed by atoms with Crippen LogP contribution in [0.5, 0.6) is 0 Å². The quantitative estimate of drug-likeness (QED) is 0.875. The van der Waals surface area contributed by atoms with Crippen LogP contribution in [0.3, 0.4) is 0 Å². The van der Waals surface area contributed by atoms with Crippen LogP contribution in [0.1, 0.15) is 20.2 Å². The van der Waals surface area contributed by atoms with E-state index in [1.807, 2.05) is 20.0 Å². The Morgan fingerprint density at radius 2 is 2.39 bits per heavy atom. The second-order valence-corrected chi connectivity index (χ2v) is 5.33. The van der Waals surface area contributed by atoms with E-state index in [-0.39, 0.29) is 5.91 Å². The van der Waals surface area contributed by atoms with Crippen molar-refractivity contribution in [3.8, 4) is 0 Å². The summed E-state index contributed by atoms with van der Waals surface area (Å²) in [6, 6.07) is 3.67. The fourth-order valence-corrected chi connectivity index (χ4v) is 2.50. The van der Waals surface area contributed by atoms with Gasteiger partial charge in [0, 0.05) is 42.5 Å². The zero-order valence-corrected chi connectivity index (χ0v) is 11.3. The molecule has 0 atom stereocenters. The van der Waals surface area contributed by atoms with E-state index in [0.29, 0.717) is 17.1 Å². The lowest BCUT2D eigenvalue weighted by atomic mass is 10.3. The zero-order valence-electron chi connectivity index (χ0n) is 10.4. The van der Waals surface area contributed by atoms with Gasteiger partial charge in [0.25, 0.3) is 5.91 Å². The Morgan fingerprint density at radius 1 is 1.61 bits per heavy atom. The maximum atomic E-state index is 11.8. The molecular weight excluding hydrogens is 248 g/mol. The molecule has 2 aromatic heterocycles. The monoisotopic (exact) mass is 264 g/mol. The normalized spacial score (nSPS) is 10.6. The summed E-state index contributed by atoms with van der Waals surface area (Å²) in [6.45, 7) is 2.50. The number of aryl methyl sites for hydroxylation is 2. The highest BCUT2D eigenvalue weighted by molar-refractivity contribution is 7.14. The fraction of sp³-hybridized carbons (Fsp3) is 0.333. The zero-order chi connectivity index (χ0) is 13.1. The molecular formula is C12H16N4OS. The van der Waals surface area contributed by atoms with E-state index in [1.165, 1.54) is 11.3 Å². The largest absolute Gasteiger partial charge is 0.398 e. The molecule has 0 fully saturated rings. The Kier molecular flexibility index (Phi) is 3.66. The molecule has 0 saturated carbocycles. The number of amides is 1. The van der Waals surface area contributed by atoms with Gasteiger partial charge in [0.05, 0.1) is 4.88 Å². The van der Waals surface area contributed by atoms with Crippen molar-refractivity contribution < 1.29 is 4.79 Å². The molecule has 2 aromatic rings. The molecule has 0 aliphatic rings. The summed E-state index contributed by atoms with van der Waals surface area (Å²) in [5.74, 6) is -0.0676. The smallest absolute Gasteiger partial charge is 0.261 e. The number of nitrogens with one attached hydrogen (secondary N) is 1. The molecule has 1 amide bonds. The predicted molar refractivity (Wildman–Crippen MR) is 72.7 cm³/mol. The van der Waals surface area contributed by atoms with Crippen molar-refractivity contribution in [2.24, 2.45) is 7.05 Å². The van der Waals surface area contributed by atoms with E-state index >= 15 is 0 Å². The van der Waals surface area contributed by atoms with Gasteiger partial charge >= 0.3 is 0 Å². The van der Waals surface area contributed by atoms with Crippen molar-refractivity contribution in [1.82, 2.24) is 15.1 Å². The molecule has 0 spiro atoms. The molecule has 0 bridgehead atoms. The van der Waals surface area contributed by atoms with Gasteiger partial charge in [0.2, 0.25) is 0 Å². The number of hydrogen-bond donors (Lipinski definition) is 2. The summed E-state index contributed by atoms with van der Waals surface area (Å²) in [4.78, 5) is 13.5. The highest BCUT2D eigenvalue weighted by atomic mass is 32.1. The molecule has 0 aromatic carbocycles. The Morgan fingerprint density at radius 3 is 2.94 bits per heavy atom. The average Bonchev–Trinajstić information content (AvgIpc) is 2.87. The van der Waals surface area contributed by atoms with Gasteiger partial charge in [-0.05, 0) is 19.1 Å². The summed E-state index contributed by atoms with van der Waals surface area (Å²) >= 11 is 1.42. The van der Waals surface area contributed by atoms with Crippen LogP contribution in [0.25, 0.3) is 0 Å². The third-order valence-electron chi connectivity index (χ3n) is 2.77. The maximum absolute atomic E-state index is 11.8. The van der Waals surface area contributed by atoms with Crippen LogP contribution in [0, 0.1) is 6.92 Å². The maximum Gasteiger partial charge on any atom is 0.261 e. The summed E-state index contributed by atoms with van der Waals surface area (Å²) in [5, 5.41) is 6.96. The van der Waals surface area contributed by atoms with Gasteiger partial charge in [0.1, 0.15) is 0 Å². The number of nitrogens with zero attached hydrogens (tertiary/aromatic N) is 2. The minimum atomic E-state index is -0.0676. The van der Waals surface area contributed by atoms with Crippen molar-refractivity contribution in [2.45, 2.75) is 13.3 Å². The molecule has 3 N–H and O–H groups in total. The molecule has 5 nitrogen and oxygen atoms in total. The van der Waals surface area contributed by atoms with Crippen molar-refractivity contribution in [3.63, 3.8) is 0 Å². The van der Waals surface area contributed by atoms with Crippen molar-refractivity contribution in [2.75, 3.05) is 12.3 Å². The topological polar surface area (TPSA) is 72.9 Å². The van der Waals surface area contributed by atoms with Crippen LogP contribution in [0.15, 0.2) is 18.3 Å². The molecule has 6 heteroatoms. The Hall–Kier alpha value is -1.82. The predicted octanol–water partition coefficient (Wildman–Crippen LogP) is 1.34. The number of anilines is 1. The van der Waals surface area contributed by atoms with Gasteiger partial charge in [0.15, 0.2) is 0 Å². The number of hydrogen-bond acceptors (Lipinski definition) is 4. The first kappa shape index (κ1) is 12.6. The molecule has 0 saturated heterocycles. The highest BCUT2D eigenvalue weighted by Gasteiger charge is 2.10. The molecule has 2 heterocycles. The SMILES string of the molecule is Cc1sc(C(=O)NCCc2ccnn2C)cc1N. The lowest BCUT2D eigenvalue weighted by Crippen LogP contribution is -2.25. The number of nitrogens with two attached hydrogens (primary N) is 1. The van der Waals surface area contributed by atoms with E-state index in [0.717, 1.165) is 17.0 Å². The van der Waals surface area contributed by atoms with Gasteiger partial charge in [-0.25, -0.2) is 0 Å². The van der Waals surface area contributed by atoms with E-state index in [9.17, 15) is 4.79 Å². The fourth-order valence-electron chi connectivity index (χ4n) is 1.65. The molecule has 2 rings (SSSR count). The van der Waals surface area contributed by atoms with Crippen LogP contribution in [0.4, 0.5) is 5.69 Å². The van der Waals surface area contributed by atoms with E-state index in [1.54, 1.807) is 16.9 Å². The summed E-state index contributed by atoms with van der Waals surface area (Å²) in [6.07, 6.45) is 2.52. The van der Waals surface area contributed by atoms with E-state index in [2.05, 4.69) is 10.4 Å². The number of carbonyl (C=O) groups excluding carboxylic acids is 1. The molecule has 0 unspecified atom stereocenters. The molecule has 0 aliphatic carbocycles. The van der Waals surface area contributed by atoms with Crippen LogP contribution in [-0.2, 0) is 13.5 Å². The van der Waals surface area contributed by atoms with E-state index in [4.69, 9.17) is 5.73 Å². The first-order valence-corrected chi connectivity index (χ1v) is 6.50. The molecule has 0 aliphatic heterocycles. The Labute approximate surface area is 110 Å². The first-order valence-electron chi connectivity index (χ1n) is 5.69. The van der Waals surface area contributed by atoms with Gasteiger partial charge in [-0.1, -0.05) is 0 Å². The number of rotatable bonds is 4. The standard InChI is InChI=1S/C12H16N4OS/c1-8-10(13)7-11(18-8)12(17)14-5-3-9-4-6-15-16(9)2/h4,6-7H,3,5,13H2,1-2H3,(H,14,17). The lowest BCUT2D eigenvalue weighted by molar-refractivity contribution is 0.0958. The highest BCUT2D eigenvalue weighted by Crippen LogP contribution is 2.22. The third kappa shape index (κ3) is 2.70. The third-order valence-corrected chi connectivity index (χ3v) is 3.83. The van der Waals surface area contributed by atoms with Gasteiger partial charge in [-0.15, -0.1) is 11.3 Å². The Bertz CT molecular complexity index is 539. The Balaban J connectivity index is 1.87. The number of carbonyl (C=O) groups is 1. The molecule has 0 radical (unpaired) electrons. The minimum Gasteiger partial charge on any atom is -0.398 e. The molecule has 96 valence electrons. The van der Waals surface area contributed by atoms with Crippen LogP contribution in [-0.4, -0.2) is 22.2 Å². The summed E-state index contributed by atoms with van der Waals surface area (Å²) < 4.78 is 1.80. The second-order valence-electron chi connectivity index (χ2n) is 4.07. The average molecular weight is 264 g/mol. The van der Waals surface area contributed by atoms with Gasteiger partial charge in [-0.3, -0.25) is 9.48 Å². The van der Waals surface area contributed by atoms with Crippen LogP contribution in [0.2, 0.25) is 0 Å². The summed E-state index contributed by atoms with van der Waals surface area (Å²) in [7, 11) is 1.89. The van der Waals surface area contributed by atoms with Gasteiger partial charge in [-0.2, -0.15) is 5.10 Å². The van der Waals surface area contributed by atoms with Crippen molar-refractivity contribution >= 4 is 22.9 Å².